The quantitative estimate of drug-likeness (QED) is 0.398. The SMILES string of the molecule is COC1CNCC(C(=O)NC(C#N)Cc2sc3cc(-c4ccc5oc(=O)n(C)c5c4)ccc3c2F)OC1. The first kappa shape index (κ1) is 25.1. The lowest BCUT2D eigenvalue weighted by molar-refractivity contribution is -0.133. The van der Waals surface area contributed by atoms with Gasteiger partial charge in [0.25, 0.3) is 5.91 Å². The van der Waals surface area contributed by atoms with Gasteiger partial charge in [-0.1, -0.05) is 12.1 Å². The molecule has 9 nitrogen and oxygen atoms in total. The van der Waals surface area contributed by atoms with Crippen LogP contribution in [0.25, 0.3) is 32.3 Å². The Morgan fingerprint density at radius 3 is 2.89 bits per heavy atom. The molecule has 3 heterocycles. The molecule has 5 rings (SSSR count). The fourth-order valence-corrected chi connectivity index (χ4v) is 5.52. The Morgan fingerprint density at radius 1 is 1.32 bits per heavy atom. The summed E-state index contributed by atoms with van der Waals surface area (Å²) in [6, 6.07) is 12.0. The fraction of sp³-hybridized carbons (Fsp3) is 0.346. The van der Waals surface area contributed by atoms with E-state index in [9.17, 15) is 14.9 Å². The fourth-order valence-electron chi connectivity index (χ4n) is 4.35. The molecular formula is C26H25FN4O5S. The summed E-state index contributed by atoms with van der Waals surface area (Å²) in [7, 11) is 3.22. The first-order valence-electron chi connectivity index (χ1n) is 11.7. The molecule has 1 amide bonds. The molecule has 0 aliphatic carbocycles. The summed E-state index contributed by atoms with van der Waals surface area (Å²) < 4.78 is 33.5. The van der Waals surface area contributed by atoms with Crippen LogP contribution in [0.4, 0.5) is 4.39 Å². The third-order valence-corrected chi connectivity index (χ3v) is 7.64. The van der Waals surface area contributed by atoms with Crippen LogP contribution >= 0.6 is 11.3 Å². The van der Waals surface area contributed by atoms with Crippen molar-refractivity contribution in [1.29, 1.82) is 5.26 Å². The van der Waals surface area contributed by atoms with Gasteiger partial charge in [0.05, 0.1) is 24.3 Å². The van der Waals surface area contributed by atoms with E-state index >= 15 is 4.39 Å². The Balaban J connectivity index is 1.34. The minimum atomic E-state index is -0.913. The zero-order chi connectivity index (χ0) is 26.1. The number of oxazole rings is 1. The number of ether oxygens (including phenoxy) is 2. The highest BCUT2D eigenvalue weighted by molar-refractivity contribution is 7.19. The van der Waals surface area contributed by atoms with Crippen LogP contribution in [0.2, 0.25) is 0 Å². The van der Waals surface area contributed by atoms with Crippen molar-refractivity contribution in [2.24, 2.45) is 7.05 Å². The summed E-state index contributed by atoms with van der Waals surface area (Å²) in [6.45, 7) is 1.11. The third kappa shape index (κ3) is 5.01. The maximum absolute atomic E-state index is 15.2. The molecule has 3 unspecified atom stereocenters. The average molecular weight is 525 g/mol. The summed E-state index contributed by atoms with van der Waals surface area (Å²) in [6.07, 6.45) is -0.888. The van der Waals surface area contributed by atoms with Crippen molar-refractivity contribution < 1.29 is 23.1 Å². The number of halogens is 1. The number of rotatable bonds is 6. The van der Waals surface area contributed by atoms with Crippen LogP contribution in [0.5, 0.6) is 0 Å². The van der Waals surface area contributed by atoms with Crippen LogP contribution in [-0.2, 0) is 27.7 Å². The molecule has 1 aliphatic heterocycles. The van der Waals surface area contributed by atoms with E-state index in [1.54, 1.807) is 26.3 Å². The Hall–Kier alpha value is -3.56. The van der Waals surface area contributed by atoms with Crippen LogP contribution in [-0.4, -0.2) is 55.5 Å². The van der Waals surface area contributed by atoms with Crippen LogP contribution in [0.15, 0.2) is 45.6 Å². The number of amides is 1. The molecule has 0 saturated carbocycles. The standard InChI is InChI=1S/C26H25FN4O5S/c1-31-19-7-14(4-6-20(19)36-26(31)33)15-3-5-18-22(8-15)37-23(24(18)27)9-16(10-28)30-25(32)21-12-29-11-17(34-2)13-35-21/h3-8,16-17,21,29H,9,11-13H2,1-2H3,(H,30,32). The van der Waals surface area contributed by atoms with Crippen molar-refractivity contribution >= 4 is 38.4 Å². The monoisotopic (exact) mass is 524 g/mol. The van der Waals surface area contributed by atoms with Gasteiger partial charge in [-0.25, -0.2) is 9.18 Å². The number of nitriles is 1. The lowest BCUT2D eigenvalue weighted by Crippen LogP contribution is -2.46. The Bertz CT molecular complexity index is 1570. The molecule has 0 radical (unpaired) electrons. The average Bonchev–Trinajstić information content (AvgIpc) is 3.23. The van der Waals surface area contributed by atoms with Gasteiger partial charge < -0.3 is 24.5 Å². The highest BCUT2D eigenvalue weighted by Gasteiger charge is 2.27. The summed E-state index contributed by atoms with van der Waals surface area (Å²) in [4.78, 5) is 24.9. The Labute approximate surface area is 215 Å². The highest BCUT2D eigenvalue weighted by atomic mass is 32.1. The molecule has 3 atom stereocenters. The zero-order valence-electron chi connectivity index (χ0n) is 20.2. The second kappa shape index (κ2) is 10.4. The number of nitrogens with zero attached hydrogens (tertiary/aromatic N) is 2. The number of aryl methyl sites for hydroxylation is 1. The largest absolute Gasteiger partial charge is 0.419 e. The molecule has 0 bridgehead atoms. The molecule has 1 saturated heterocycles. The van der Waals surface area contributed by atoms with Crippen LogP contribution in [0, 0.1) is 17.1 Å². The maximum atomic E-state index is 15.2. The van der Waals surface area contributed by atoms with Gasteiger partial charge >= 0.3 is 5.76 Å². The summed E-state index contributed by atoms with van der Waals surface area (Å²) in [5.74, 6) is -1.26. The van der Waals surface area contributed by atoms with E-state index in [0.29, 0.717) is 34.5 Å². The lowest BCUT2D eigenvalue weighted by atomic mass is 10.0. The van der Waals surface area contributed by atoms with Gasteiger partial charge in [-0.2, -0.15) is 5.26 Å². The number of benzene rings is 2. The molecule has 0 spiro atoms. The van der Waals surface area contributed by atoms with Crippen LogP contribution in [0.1, 0.15) is 4.88 Å². The number of aromatic nitrogens is 1. The van der Waals surface area contributed by atoms with E-state index in [-0.39, 0.29) is 19.1 Å². The summed E-state index contributed by atoms with van der Waals surface area (Å²) >= 11 is 1.25. The van der Waals surface area contributed by atoms with Gasteiger partial charge in [0.15, 0.2) is 5.58 Å². The van der Waals surface area contributed by atoms with Gasteiger partial charge in [-0.15, -0.1) is 11.3 Å². The number of hydrogen-bond acceptors (Lipinski definition) is 8. The molecule has 37 heavy (non-hydrogen) atoms. The van der Waals surface area contributed by atoms with E-state index in [1.165, 1.54) is 15.9 Å². The molecule has 2 aromatic carbocycles. The predicted molar refractivity (Wildman–Crippen MR) is 137 cm³/mol. The molecule has 1 aliphatic rings. The minimum absolute atomic E-state index is 0.0344. The number of nitrogens with one attached hydrogen (secondary N) is 2. The molecule has 11 heteroatoms. The van der Waals surface area contributed by atoms with Gasteiger partial charge in [-0.3, -0.25) is 9.36 Å². The predicted octanol–water partition coefficient (Wildman–Crippen LogP) is 2.71. The smallest absolute Gasteiger partial charge is 0.408 e. The molecule has 2 N–H and O–H groups in total. The highest BCUT2D eigenvalue weighted by Crippen LogP contribution is 2.35. The van der Waals surface area contributed by atoms with Gasteiger partial charge in [0, 0.05) is 48.6 Å². The molecule has 1 fully saturated rings. The van der Waals surface area contributed by atoms with Crippen molar-refractivity contribution in [2.75, 3.05) is 26.8 Å². The van der Waals surface area contributed by atoms with E-state index in [0.717, 1.165) is 15.8 Å². The minimum Gasteiger partial charge on any atom is -0.408 e. The summed E-state index contributed by atoms with van der Waals surface area (Å²) in [5.41, 5.74) is 2.87. The van der Waals surface area contributed by atoms with Crippen molar-refractivity contribution in [3.05, 3.63) is 57.6 Å². The number of carbonyl (C=O) groups excluding carboxylic acids is 1. The van der Waals surface area contributed by atoms with Gasteiger partial charge in [0.2, 0.25) is 0 Å². The third-order valence-electron chi connectivity index (χ3n) is 6.49. The van der Waals surface area contributed by atoms with E-state index in [2.05, 4.69) is 16.7 Å². The van der Waals surface area contributed by atoms with Crippen LogP contribution < -0.4 is 16.4 Å². The zero-order valence-corrected chi connectivity index (χ0v) is 21.1. The summed E-state index contributed by atoms with van der Waals surface area (Å²) in [5, 5.41) is 15.9. The molecule has 2 aromatic heterocycles. The first-order valence-corrected chi connectivity index (χ1v) is 12.6. The topological polar surface area (TPSA) is 119 Å². The van der Waals surface area contributed by atoms with E-state index < -0.39 is 29.6 Å². The van der Waals surface area contributed by atoms with Crippen molar-refractivity contribution in [1.82, 2.24) is 15.2 Å². The number of carbonyl (C=O) groups is 1. The van der Waals surface area contributed by atoms with Crippen molar-refractivity contribution in [2.45, 2.75) is 24.7 Å². The van der Waals surface area contributed by atoms with Gasteiger partial charge in [0.1, 0.15) is 18.0 Å². The van der Waals surface area contributed by atoms with E-state index in [1.807, 2.05) is 24.3 Å². The molecule has 4 aromatic rings. The van der Waals surface area contributed by atoms with Gasteiger partial charge in [-0.05, 0) is 35.4 Å². The molecule has 192 valence electrons. The number of methoxy groups -OCH3 is 1. The molecular weight excluding hydrogens is 499 g/mol. The normalized spacial score (nSPS) is 19.0. The second-order valence-electron chi connectivity index (χ2n) is 8.89. The number of hydrogen-bond donors (Lipinski definition) is 2. The number of fused-ring (bicyclic) bond motifs is 2. The van der Waals surface area contributed by atoms with Crippen molar-refractivity contribution in [3.8, 4) is 17.2 Å². The Morgan fingerprint density at radius 2 is 2.11 bits per heavy atom. The lowest BCUT2D eigenvalue weighted by Gasteiger charge is -2.18. The maximum Gasteiger partial charge on any atom is 0.419 e. The van der Waals surface area contributed by atoms with Crippen molar-refractivity contribution in [3.63, 3.8) is 0 Å². The first-order chi connectivity index (χ1) is 17.9. The number of thiophene rings is 1. The van der Waals surface area contributed by atoms with E-state index in [4.69, 9.17) is 13.9 Å². The Kier molecular flexibility index (Phi) is 7.08. The van der Waals surface area contributed by atoms with Crippen LogP contribution in [0.3, 0.4) is 0 Å². The second-order valence-corrected chi connectivity index (χ2v) is 10.0.